The van der Waals surface area contributed by atoms with Crippen LogP contribution < -0.4 is 9.47 Å². The Bertz CT molecular complexity index is 876. The van der Waals surface area contributed by atoms with Crippen LogP contribution in [-0.2, 0) is 11.2 Å². The summed E-state index contributed by atoms with van der Waals surface area (Å²) in [5.74, 6) is 1.67. The maximum atomic E-state index is 12.3. The van der Waals surface area contributed by atoms with Gasteiger partial charge < -0.3 is 9.47 Å². The van der Waals surface area contributed by atoms with E-state index in [1.54, 1.807) is 4.90 Å². The van der Waals surface area contributed by atoms with Crippen molar-refractivity contribution < 1.29 is 14.3 Å². The van der Waals surface area contributed by atoms with E-state index in [1.165, 1.54) is 17.3 Å². The van der Waals surface area contributed by atoms with Crippen molar-refractivity contribution in [2.45, 2.75) is 26.7 Å². The van der Waals surface area contributed by atoms with Gasteiger partial charge in [0, 0.05) is 13.0 Å². The molecule has 1 aliphatic rings. The van der Waals surface area contributed by atoms with E-state index in [2.05, 4.69) is 19.1 Å². The third-order valence-corrected chi connectivity index (χ3v) is 5.90. The number of carbonyl (C=O) groups is 1. The Balaban J connectivity index is 1.43. The van der Waals surface area contributed by atoms with Crippen LogP contribution >= 0.6 is 24.0 Å². The number of benzene rings is 2. The Morgan fingerprint density at radius 1 is 0.966 bits per heavy atom. The number of likely N-dealkylation sites (N-methyl/N-ethyl adjacent to an activating group) is 1. The highest BCUT2D eigenvalue weighted by Crippen LogP contribution is 2.32. The average molecular weight is 428 g/mol. The number of aryl methyl sites for hydroxylation is 1. The van der Waals surface area contributed by atoms with Gasteiger partial charge in [0.2, 0.25) is 0 Å². The molecule has 0 spiro atoms. The predicted octanol–water partition coefficient (Wildman–Crippen LogP) is 5.32. The van der Waals surface area contributed by atoms with Gasteiger partial charge in [0.05, 0.1) is 18.1 Å². The number of amides is 1. The lowest BCUT2D eigenvalue weighted by Crippen LogP contribution is -2.27. The molecule has 2 aromatic rings. The van der Waals surface area contributed by atoms with Crippen LogP contribution in [0.1, 0.15) is 31.4 Å². The lowest BCUT2D eigenvalue weighted by molar-refractivity contribution is -0.121. The van der Waals surface area contributed by atoms with Crippen molar-refractivity contribution in [1.82, 2.24) is 4.90 Å². The fraction of sp³-hybridized carbons (Fsp3) is 0.304. The van der Waals surface area contributed by atoms with Gasteiger partial charge >= 0.3 is 0 Å². The van der Waals surface area contributed by atoms with E-state index in [0.717, 1.165) is 29.9 Å². The Morgan fingerprint density at radius 2 is 1.55 bits per heavy atom. The molecule has 0 bridgehead atoms. The number of hydrogen-bond donors (Lipinski definition) is 0. The highest BCUT2D eigenvalue weighted by atomic mass is 32.2. The van der Waals surface area contributed by atoms with Gasteiger partial charge in [-0.15, -0.1) is 0 Å². The molecule has 152 valence electrons. The molecule has 6 heteroatoms. The van der Waals surface area contributed by atoms with Crippen molar-refractivity contribution in [3.05, 3.63) is 64.6 Å². The predicted molar refractivity (Wildman–Crippen MR) is 123 cm³/mol. The lowest BCUT2D eigenvalue weighted by atomic mass is 10.2. The normalized spacial score (nSPS) is 15.2. The molecule has 1 amide bonds. The number of nitrogens with zero attached hydrogens (tertiary/aromatic N) is 1. The van der Waals surface area contributed by atoms with Gasteiger partial charge in [-0.3, -0.25) is 9.69 Å². The van der Waals surface area contributed by atoms with Gasteiger partial charge in [0.25, 0.3) is 5.91 Å². The first kappa shape index (κ1) is 21.4. The minimum atomic E-state index is -0.0211. The molecule has 29 heavy (non-hydrogen) atoms. The smallest absolute Gasteiger partial charge is 0.266 e. The summed E-state index contributed by atoms with van der Waals surface area (Å²) in [6, 6.07) is 15.9. The summed E-state index contributed by atoms with van der Waals surface area (Å²) in [7, 11) is 0. The topological polar surface area (TPSA) is 38.8 Å². The molecule has 4 nitrogen and oxygen atoms in total. The second-order valence-electron chi connectivity index (χ2n) is 6.54. The molecule has 3 rings (SSSR count). The Kier molecular flexibility index (Phi) is 7.72. The largest absolute Gasteiger partial charge is 0.493 e. The molecular formula is C23H25NO3S2. The van der Waals surface area contributed by atoms with Crippen LogP contribution in [0.2, 0.25) is 0 Å². The molecule has 0 aromatic heterocycles. The quantitative estimate of drug-likeness (QED) is 0.308. The van der Waals surface area contributed by atoms with Crippen molar-refractivity contribution in [2.75, 3.05) is 19.8 Å². The van der Waals surface area contributed by atoms with Gasteiger partial charge in [-0.25, -0.2) is 0 Å². The van der Waals surface area contributed by atoms with Crippen molar-refractivity contribution in [2.24, 2.45) is 0 Å². The summed E-state index contributed by atoms with van der Waals surface area (Å²) in [5, 5.41) is 0. The zero-order valence-corrected chi connectivity index (χ0v) is 18.4. The summed E-state index contributed by atoms with van der Waals surface area (Å²) in [6.45, 7) is 5.86. The SMILES string of the molecule is CCc1ccc(OCCCOc2ccc(C=C3SC(=S)N(CC)C3=O)cc2)cc1. The number of carbonyl (C=O) groups excluding carboxylic acids is 1. The molecule has 1 aliphatic heterocycles. The molecule has 0 N–H and O–H groups in total. The van der Waals surface area contributed by atoms with Crippen molar-refractivity contribution in [3.8, 4) is 11.5 Å². The zero-order valence-electron chi connectivity index (χ0n) is 16.7. The van der Waals surface area contributed by atoms with Gasteiger partial charge in [-0.05, 0) is 54.8 Å². The number of thiocarbonyl (C=S) groups is 1. The molecular weight excluding hydrogens is 402 g/mol. The van der Waals surface area contributed by atoms with Crippen LogP contribution in [-0.4, -0.2) is 34.9 Å². The van der Waals surface area contributed by atoms with Crippen molar-refractivity contribution in [3.63, 3.8) is 0 Å². The van der Waals surface area contributed by atoms with Gasteiger partial charge in [-0.1, -0.05) is 55.2 Å². The van der Waals surface area contributed by atoms with E-state index in [9.17, 15) is 4.79 Å². The first-order chi connectivity index (χ1) is 14.1. The molecule has 1 saturated heterocycles. The lowest BCUT2D eigenvalue weighted by Gasteiger charge is -2.09. The summed E-state index contributed by atoms with van der Waals surface area (Å²) in [6.07, 6.45) is 3.71. The summed E-state index contributed by atoms with van der Waals surface area (Å²) < 4.78 is 12.1. The first-order valence-electron chi connectivity index (χ1n) is 9.80. The van der Waals surface area contributed by atoms with Crippen LogP contribution in [0.4, 0.5) is 0 Å². The molecule has 0 atom stereocenters. The van der Waals surface area contributed by atoms with Crippen LogP contribution in [0.25, 0.3) is 6.08 Å². The summed E-state index contributed by atoms with van der Waals surface area (Å²) in [4.78, 5) is 14.5. The van der Waals surface area contributed by atoms with E-state index in [4.69, 9.17) is 21.7 Å². The highest BCUT2D eigenvalue weighted by Gasteiger charge is 2.30. The molecule has 1 heterocycles. The standard InChI is InChI=1S/C23H25NO3S2/c1-3-17-6-10-19(11-7-17)26-14-5-15-27-20-12-8-18(9-13-20)16-21-22(25)24(4-2)23(28)29-21/h6-13,16H,3-5,14-15H2,1-2H3. The number of thioether (sulfide) groups is 1. The van der Waals surface area contributed by atoms with Crippen molar-refractivity contribution in [1.29, 1.82) is 0 Å². The van der Waals surface area contributed by atoms with Gasteiger partial charge in [0.1, 0.15) is 15.8 Å². The first-order valence-corrected chi connectivity index (χ1v) is 11.0. The zero-order chi connectivity index (χ0) is 20.6. The minimum absolute atomic E-state index is 0.0211. The third-order valence-electron chi connectivity index (χ3n) is 4.53. The Hall–Kier alpha value is -2.31. The van der Waals surface area contributed by atoms with E-state index in [1.807, 2.05) is 49.4 Å². The molecule has 1 fully saturated rings. The van der Waals surface area contributed by atoms with Gasteiger partial charge in [-0.2, -0.15) is 0 Å². The van der Waals surface area contributed by atoms with E-state index < -0.39 is 0 Å². The van der Waals surface area contributed by atoms with Crippen LogP contribution in [0, 0.1) is 0 Å². The number of rotatable bonds is 9. The second kappa shape index (κ2) is 10.5. The van der Waals surface area contributed by atoms with E-state index >= 15 is 0 Å². The van der Waals surface area contributed by atoms with Gasteiger partial charge in [0.15, 0.2) is 0 Å². The van der Waals surface area contributed by atoms with Crippen LogP contribution in [0.3, 0.4) is 0 Å². The Morgan fingerprint density at radius 3 is 2.07 bits per heavy atom. The third kappa shape index (κ3) is 5.84. The van der Waals surface area contributed by atoms with Crippen molar-refractivity contribution >= 4 is 40.3 Å². The molecule has 0 radical (unpaired) electrons. The molecule has 0 aliphatic carbocycles. The fourth-order valence-electron chi connectivity index (χ4n) is 2.84. The Labute approximate surface area is 181 Å². The second-order valence-corrected chi connectivity index (χ2v) is 8.22. The maximum Gasteiger partial charge on any atom is 0.266 e. The summed E-state index contributed by atoms with van der Waals surface area (Å²) >= 11 is 6.59. The average Bonchev–Trinajstić information content (AvgIpc) is 3.01. The minimum Gasteiger partial charge on any atom is -0.493 e. The monoisotopic (exact) mass is 427 g/mol. The fourth-order valence-corrected chi connectivity index (χ4v) is 4.23. The van der Waals surface area contributed by atoms with E-state index in [0.29, 0.717) is 29.0 Å². The molecule has 2 aromatic carbocycles. The number of ether oxygens (including phenoxy) is 2. The maximum absolute atomic E-state index is 12.3. The summed E-state index contributed by atoms with van der Waals surface area (Å²) in [5.41, 5.74) is 2.26. The van der Waals surface area contributed by atoms with E-state index in [-0.39, 0.29) is 5.91 Å². The van der Waals surface area contributed by atoms with Crippen LogP contribution in [0.15, 0.2) is 53.4 Å². The molecule has 0 saturated carbocycles. The number of hydrogen-bond acceptors (Lipinski definition) is 5. The van der Waals surface area contributed by atoms with Crippen LogP contribution in [0.5, 0.6) is 11.5 Å². The highest BCUT2D eigenvalue weighted by molar-refractivity contribution is 8.26. The molecule has 0 unspecified atom stereocenters.